The molecule has 186 valence electrons. The quantitative estimate of drug-likeness (QED) is 0.276. The molecule has 1 aromatic carbocycles. The van der Waals surface area contributed by atoms with E-state index in [1.165, 1.54) is 0 Å². The summed E-state index contributed by atoms with van der Waals surface area (Å²) in [6.45, 7) is -0.284. The van der Waals surface area contributed by atoms with E-state index in [1.807, 2.05) is 0 Å². The van der Waals surface area contributed by atoms with Crippen molar-refractivity contribution in [2.24, 2.45) is 0 Å². The largest absolute Gasteiger partial charge is 0.479 e. The van der Waals surface area contributed by atoms with Crippen molar-refractivity contribution in [3.63, 3.8) is 0 Å². The van der Waals surface area contributed by atoms with Crippen LogP contribution in [0.4, 0.5) is 0 Å². The van der Waals surface area contributed by atoms with Gasteiger partial charge in [-0.15, -0.1) is 0 Å². The molecule has 0 amide bonds. The molecule has 0 saturated carbocycles. The summed E-state index contributed by atoms with van der Waals surface area (Å²) in [5, 5.41) is 39.3. The number of morpholine rings is 1. The normalized spacial score (nSPS) is 42.0. The van der Waals surface area contributed by atoms with Crippen LogP contribution in [0.3, 0.4) is 0 Å². The third kappa shape index (κ3) is 4.22. The second-order valence-corrected chi connectivity index (χ2v) is 9.43. The molecule has 4 N–H and O–H groups in total. The Morgan fingerprint density at radius 3 is 2.29 bits per heavy atom. The molecule has 4 aliphatic rings. The predicted molar refractivity (Wildman–Crippen MR) is 113 cm³/mol. The highest BCUT2D eigenvalue weighted by atomic mass is 16.7. The van der Waals surface area contributed by atoms with Crippen LogP contribution in [0.15, 0.2) is 30.3 Å². The number of aliphatic carboxylic acids is 1. The van der Waals surface area contributed by atoms with Crippen molar-refractivity contribution in [3.05, 3.63) is 35.9 Å². The number of hydrogen-bond donors (Lipinski definition) is 4. The first-order chi connectivity index (χ1) is 16.3. The van der Waals surface area contributed by atoms with Crippen LogP contribution in [0.1, 0.15) is 24.3 Å². The molecule has 2 bridgehead atoms. The van der Waals surface area contributed by atoms with Crippen molar-refractivity contribution < 1.29 is 49.0 Å². The first-order valence-corrected chi connectivity index (χ1v) is 11.4. The van der Waals surface area contributed by atoms with Crippen LogP contribution in [0, 0.1) is 0 Å². The molecule has 10 atom stereocenters. The molecule has 0 radical (unpaired) electrons. The molecule has 34 heavy (non-hydrogen) atoms. The topological polar surface area (TPSA) is 159 Å². The molecule has 0 aromatic heterocycles. The Hall–Kier alpha value is -2.12. The van der Waals surface area contributed by atoms with Gasteiger partial charge in [-0.25, -0.2) is 4.79 Å². The van der Waals surface area contributed by atoms with E-state index in [0.717, 1.165) is 0 Å². The summed E-state index contributed by atoms with van der Waals surface area (Å²) < 4.78 is 22.3. The number of hydrogen-bond acceptors (Lipinski definition) is 10. The van der Waals surface area contributed by atoms with Crippen LogP contribution in [-0.2, 0) is 28.5 Å². The standard InChI is InChI=1S/C23H29NO10/c1-24-13-7-11(8-14(24)19-18(13)33-19)32-22(30)12(10-5-3-2-4-6-10)9-31-23-17(27)15(25)16(26)20(34-23)21(28)29/h2-6,11-20,23,25-27H,7-9H2,1H3,(H,28,29)/t11?,12?,13?,14?,15-,16-,17+,18?,19?,20-,23+/m0/s1. The van der Waals surface area contributed by atoms with Crippen LogP contribution in [0.25, 0.3) is 0 Å². The van der Waals surface area contributed by atoms with Crippen molar-refractivity contribution in [2.45, 2.75) is 79.9 Å². The van der Waals surface area contributed by atoms with Gasteiger partial charge in [0.05, 0.1) is 6.61 Å². The third-order valence-electron chi connectivity index (χ3n) is 7.38. The lowest BCUT2D eigenvalue weighted by atomic mass is 9.97. The molecule has 0 aliphatic carbocycles. The number of epoxide rings is 1. The average molecular weight is 479 g/mol. The van der Waals surface area contributed by atoms with Crippen LogP contribution in [-0.4, -0.2) is 112 Å². The van der Waals surface area contributed by atoms with Gasteiger partial charge in [-0.2, -0.15) is 0 Å². The van der Waals surface area contributed by atoms with E-state index in [2.05, 4.69) is 11.9 Å². The van der Waals surface area contributed by atoms with E-state index < -0.39 is 48.6 Å². The minimum absolute atomic E-state index is 0.209. The molecular formula is C23H29NO10. The van der Waals surface area contributed by atoms with Crippen molar-refractivity contribution in [2.75, 3.05) is 13.7 Å². The number of esters is 1. The molecular weight excluding hydrogens is 450 g/mol. The van der Waals surface area contributed by atoms with Gasteiger partial charge in [-0.05, 0) is 12.6 Å². The highest BCUT2D eigenvalue weighted by Gasteiger charge is 2.63. The molecule has 0 spiro atoms. The van der Waals surface area contributed by atoms with Gasteiger partial charge in [-0.3, -0.25) is 9.69 Å². The summed E-state index contributed by atoms with van der Waals surface area (Å²) in [6.07, 6.45) is -7.13. The summed E-state index contributed by atoms with van der Waals surface area (Å²) >= 11 is 0. The monoisotopic (exact) mass is 479 g/mol. The van der Waals surface area contributed by atoms with Crippen molar-refractivity contribution in [1.82, 2.24) is 4.90 Å². The Balaban J connectivity index is 1.26. The van der Waals surface area contributed by atoms with Gasteiger partial charge in [0, 0.05) is 24.9 Å². The number of ether oxygens (including phenoxy) is 4. The van der Waals surface area contributed by atoms with Gasteiger partial charge in [0.15, 0.2) is 12.4 Å². The minimum Gasteiger partial charge on any atom is -0.479 e. The number of rotatable bonds is 7. The molecule has 11 heteroatoms. The highest BCUT2D eigenvalue weighted by molar-refractivity contribution is 5.78. The SMILES string of the molecule is CN1C2CC(OC(=O)C(CO[C@@H]3O[C@H](C(=O)O)[C@@H](O)[C@H](O)[C@H]3O)c3ccccc3)CC1C1OC12. The molecule has 5 rings (SSSR count). The van der Waals surface area contributed by atoms with E-state index in [1.54, 1.807) is 30.3 Å². The molecule has 4 saturated heterocycles. The van der Waals surface area contributed by atoms with E-state index in [-0.39, 0.29) is 37.0 Å². The number of nitrogens with zero attached hydrogens (tertiary/aromatic N) is 1. The molecule has 5 unspecified atom stereocenters. The second-order valence-electron chi connectivity index (χ2n) is 9.43. The maximum atomic E-state index is 13.2. The lowest BCUT2D eigenvalue weighted by molar-refractivity contribution is -0.294. The summed E-state index contributed by atoms with van der Waals surface area (Å²) in [7, 11) is 2.06. The lowest BCUT2D eigenvalue weighted by Crippen LogP contribution is -2.60. The van der Waals surface area contributed by atoms with Gasteiger partial charge in [0.1, 0.15) is 42.5 Å². The Morgan fingerprint density at radius 2 is 1.68 bits per heavy atom. The zero-order chi connectivity index (χ0) is 24.1. The summed E-state index contributed by atoms with van der Waals surface area (Å²) in [5.74, 6) is -2.88. The Labute approximate surface area is 195 Å². The van der Waals surface area contributed by atoms with Gasteiger partial charge in [0.25, 0.3) is 0 Å². The number of likely N-dealkylation sites (N-methyl/N-ethyl adjacent to an activating group) is 1. The molecule has 4 fully saturated rings. The highest BCUT2D eigenvalue weighted by Crippen LogP contribution is 2.48. The zero-order valence-corrected chi connectivity index (χ0v) is 18.5. The number of carboxylic acids is 1. The zero-order valence-electron chi connectivity index (χ0n) is 18.5. The first kappa shape index (κ1) is 23.6. The lowest BCUT2D eigenvalue weighted by Gasteiger charge is -2.39. The van der Waals surface area contributed by atoms with Gasteiger partial charge < -0.3 is 39.4 Å². The smallest absolute Gasteiger partial charge is 0.335 e. The van der Waals surface area contributed by atoms with Crippen LogP contribution in [0.5, 0.6) is 0 Å². The Kier molecular flexibility index (Phi) is 6.36. The van der Waals surface area contributed by atoms with Gasteiger partial charge in [0.2, 0.25) is 0 Å². The maximum absolute atomic E-state index is 13.2. The van der Waals surface area contributed by atoms with E-state index in [0.29, 0.717) is 18.4 Å². The van der Waals surface area contributed by atoms with Crippen LogP contribution >= 0.6 is 0 Å². The van der Waals surface area contributed by atoms with Crippen molar-refractivity contribution >= 4 is 11.9 Å². The third-order valence-corrected chi connectivity index (χ3v) is 7.38. The Bertz CT molecular complexity index is 896. The number of aliphatic hydroxyl groups is 3. The predicted octanol–water partition coefficient (Wildman–Crippen LogP) is -1.17. The van der Waals surface area contributed by atoms with Crippen molar-refractivity contribution in [1.29, 1.82) is 0 Å². The summed E-state index contributed by atoms with van der Waals surface area (Å²) in [4.78, 5) is 26.9. The van der Waals surface area contributed by atoms with Crippen LogP contribution < -0.4 is 0 Å². The number of carbonyl (C=O) groups is 2. The van der Waals surface area contributed by atoms with Gasteiger partial charge >= 0.3 is 11.9 Å². The molecule has 11 nitrogen and oxygen atoms in total. The second kappa shape index (κ2) is 9.15. The number of aliphatic hydroxyl groups excluding tert-OH is 3. The number of piperidine rings is 1. The minimum atomic E-state index is -1.82. The molecule has 4 aliphatic heterocycles. The maximum Gasteiger partial charge on any atom is 0.335 e. The average Bonchev–Trinajstić information content (AvgIpc) is 3.58. The summed E-state index contributed by atoms with van der Waals surface area (Å²) in [5.41, 5.74) is 0.621. The fourth-order valence-corrected chi connectivity index (χ4v) is 5.41. The van der Waals surface area contributed by atoms with Crippen LogP contribution in [0.2, 0.25) is 0 Å². The number of carboxylic acid groups (broad SMARTS) is 1. The Morgan fingerprint density at radius 1 is 1.03 bits per heavy atom. The van der Waals surface area contributed by atoms with Crippen molar-refractivity contribution in [3.8, 4) is 0 Å². The summed E-state index contributed by atoms with van der Waals surface area (Å²) in [6, 6.07) is 9.27. The number of fused-ring (bicyclic) bond motifs is 5. The van der Waals surface area contributed by atoms with E-state index in [4.69, 9.17) is 18.9 Å². The fraction of sp³-hybridized carbons (Fsp3) is 0.652. The molecule has 4 heterocycles. The molecule has 1 aromatic rings. The number of carbonyl (C=O) groups excluding carboxylic acids is 1. The van der Waals surface area contributed by atoms with E-state index in [9.17, 15) is 30.0 Å². The van der Waals surface area contributed by atoms with E-state index >= 15 is 0 Å². The number of benzene rings is 1. The fourth-order valence-electron chi connectivity index (χ4n) is 5.41. The first-order valence-electron chi connectivity index (χ1n) is 11.4. The van der Waals surface area contributed by atoms with Gasteiger partial charge in [-0.1, -0.05) is 30.3 Å².